The first-order valence-corrected chi connectivity index (χ1v) is 9.59. The molecule has 0 aliphatic carbocycles. The molecular weight excluding hydrogens is 342 g/mol. The number of sulfonamides is 1. The largest absolute Gasteiger partial charge is 0.324 e. The Kier molecular flexibility index (Phi) is 4.78. The highest BCUT2D eigenvalue weighted by molar-refractivity contribution is 7.93. The molecule has 1 fully saturated rings. The molecule has 9 heteroatoms. The molecule has 25 heavy (non-hydrogen) atoms. The van der Waals surface area contributed by atoms with Crippen LogP contribution < -0.4 is 14.9 Å². The zero-order chi connectivity index (χ0) is 18.0. The summed E-state index contributed by atoms with van der Waals surface area (Å²) in [7, 11) is 0.297. The summed E-state index contributed by atoms with van der Waals surface area (Å²) in [5.41, 5.74) is 1.99. The number of hydrogen-bond donors (Lipinski definition) is 2. The van der Waals surface area contributed by atoms with Gasteiger partial charge in [-0.2, -0.15) is 5.10 Å². The van der Waals surface area contributed by atoms with E-state index in [1.165, 1.54) is 4.31 Å². The van der Waals surface area contributed by atoms with E-state index in [-0.39, 0.29) is 11.7 Å². The van der Waals surface area contributed by atoms with Crippen LogP contribution in [0.3, 0.4) is 0 Å². The van der Waals surface area contributed by atoms with Crippen LogP contribution >= 0.6 is 0 Å². The second-order valence-electron chi connectivity index (χ2n) is 5.95. The fourth-order valence-electron chi connectivity index (χ4n) is 2.89. The Labute approximate surface area is 146 Å². The minimum absolute atomic E-state index is 0.181. The molecule has 8 nitrogen and oxygen atoms in total. The van der Waals surface area contributed by atoms with Crippen LogP contribution in [0.15, 0.2) is 36.7 Å². The summed E-state index contributed by atoms with van der Waals surface area (Å²) in [6.45, 7) is 0.497. The molecule has 1 amide bonds. The van der Waals surface area contributed by atoms with Crippen molar-refractivity contribution in [2.45, 2.75) is 12.5 Å². The average molecular weight is 363 g/mol. The molecule has 1 aliphatic rings. The predicted octanol–water partition coefficient (Wildman–Crippen LogP) is 0.859. The summed E-state index contributed by atoms with van der Waals surface area (Å²) < 4.78 is 26.9. The van der Waals surface area contributed by atoms with Crippen LogP contribution in [0.4, 0.5) is 11.4 Å². The van der Waals surface area contributed by atoms with Crippen LogP contribution in [0.2, 0.25) is 0 Å². The van der Waals surface area contributed by atoms with Crippen molar-refractivity contribution < 1.29 is 13.2 Å². The molecule has 2 N–H and O–H groups in total. The zero-order valence-electron chi connectivity index (χ0n) is 14.1. The van der Waals surface area contributed by atoms with Crippen LogP contribution in [0.25, 0.3) is 0 Å². The van der Waals surface area contributed by atoms with Gasteiger partial charge in [0.25, 0.3) is 0 Å². The van der Waals surface area contributed by atoms with Crippen molar-refractivity contribution in [3.05, 3.63) is 42.2 Å². The quantitative estimate of drug-likeness (QED) is 0.821. The van der Waals surface area contributed by atoms with Gasteiger partial charge in [-0.3, -0.25) is 13.8 Å². The van der Waals surface area contributed by atoms with Gasteiger partial charge in [0.2, 0.25) is 15.9 Å². The number of hydrogen-bond acceptors (Lipinski definition) is 5. The molecule has 1 aromatic carbocycles. The Bertz CT molecular complexity index is 860. The summed E-state index contributed by atoms with van der Waals surface area (Å²) in [6, 6.07) is 6.30. The lowest BCUT2D eigenvalue weighted by Crippen LogP contribution is -2.30. The maximum absolute atomic E-state index is 12.5. The number of aryl methyl sites for hydroxylation is 1. The summed E-state index contributed by atoms with van der Waals surface area (Å²) in [5.74, 6) is -0.0301. The topological polar surface area (TPSA) is 96.3 Å². The van der Waals surface area contributed by atoms with Gasteiger partial charge < -0.3 is 10.6 Å². The van der Waals surface area contributed by atoms with Crippen molar-refractivity contribution in [3.8, 4) is 0 Å². The van der Waals surface area contributed by atoms with E-state index in [0.717, 1.165) is 5.56 Å². The van der Waals surface area contributed by atoms with Crippen LogP contribution in [0, 0.1) is 0 Å². The summed E-state index contributed by atoms with van der Waals surface area (Å²) in [5, 5.41) is 9.88. The first kappa shape index (κ1) is 17.4. The zero-order valence-corrected chi connectivity index (χ0v) is 15.0. The number of rotatable bonds is 5. The fourth-order valence-corrected chi connectivity index (χ4v) is 4.46. The van der Waals surface area contributed by atoms with Gasteiger partial charge in [-0.15, -0.1) is 0 Å². The van der Waals surface area contributed by atoms with E-state index in [0.29, 0.717) is 24.3 Å². The maximum atomic E-state index is 12.5. The molecule has 1 saturated heterocycles. The van der Waals surface area contributed by atoms with Crippen molar-refractivity contribution in [1.29, 1.82) is 0 Å². The molecule has 0 bridgehead atoms. The predicted molar refractivity (Wildman–Crippen MR) is 95.8 cm³/mol. The molecule has 1 aliphatic heterocycles. The molecule has 2 heterocycles. The minimum Gasteiger partial charge on any atom is -0.324 e. The minimum atomic E-state index is -3.20. The van der Waals surface area contributed by atoms with E-state index in [9.17, 15) is 13.2 Å². The lowest BCUT2D eigenvalue weighted by atomic mass is 10.1. The molecule has 1 atom stereocenters. The van der Waals surface area contributed by atoms with E-state index >= 15 is 0 Å². The van der Waals surface area contributed by atoms with E-state index in [4.69, 9.17) is 0 Å². The maximum Gasteiger partial charge on any atom is 0.246 e. The molecule has 0 saturated carbocycles. The van der Waals surface area contributed by atoms with E-state index in [1.54, 1.807) is 55.4 Å². The third-order valence-electron chi connectivity index (χ3n) is 4.13. The lowest BCUT2D eigenvalue weighted by Gasteiger charge is -2.18. The number of nitrogens with one attached hydrogen (secondary N) is 2. The summed E-state index contributed by atoms with van der Waals surface area (Å²) in [6.07, 6.45) is 4.06. The Morgan fingerprint density at radius 1 is 1.28 bits per heavy atom. The van der Waals surface area contributed by atoms with Gasteiger partial charge in [0.15, 0.2) is 0 Å². The highest BCUT2D eigenvalue weighted by Gasteiger charge is 2.28. The molecule has 134 valence electrons. The van der Waals surface area contributed by atoms with Gasteiger partial charge >= 0.3 is 0 Å². The Balaban J connectivity index is 1.71. The Morgan fingerprint density at radius 3 is 2.52 bits per heavy atom. The van der Waals surface area contributed by atoms with Crippen molar-refractivity contribution in [3.63, 3.8) is 0 Å². The summed E-state index contributed by atoms with van der Waals surface area (Å²) in [4.78, 5) is 12.5. The summed E-state index contributed by atoms with van der Waals surface area (Å²) >= 11 is 0. The second-order valence-corrected chi connectivity index (χ2v) is 7.96. The van der Waals surface area contributed by atoms with E-state index in [1.807, 2.05) is 0 Å². The number of amides is 1. The van der Waals surface area contributed by atoms with Crippen LogP contribution in [0.1, 0.15) is 18.0 Å². The first-order valence-electron chi connectivity index (χ1n) is 7.98. The van der Waals surface area contributed by atoms with Crippen molar-refractivity contribution in [2.24, 2.45) is 7.05 Å². The van der Waals surface area contributed by atoms with Gasteiger partial charge in [-0.25, -0.2) is 8.42 Å². The van der Waals surface area contributed by atoms with E-state index in [2.05, 4.69) is 15.7 Å². The molecule has 0 radical (unpaired) electrons. The Morgan fingerprint density at radius 2 is 2.00 bits per heavy atom. The molecule has 3 rings (SSSR count). The van der Waals surface area contributed by atoms with Crippen LogP contribution in [0.5, 0.6) is 0 Å². The van der Waals surface area contributed by atoms with Crippen molar-refractivity contribution in [2.75, 3.05) is 29.0 Å². The van der Waals surface area contributed by atoms with Crippen molar-refractivity contribution >= 4 is 27.3 Å². The van der Waals surface area contributed by atoms with Gasteiger partial charge in [0, 0.05) is 31.0 Å². The molecule has 0 spiro atoms. The second kappa shape index (κ2) is 6.85. The SMILES string of the molecule is CNC(C(=O)Nc1ccc(N2CCCS2(=O)=O)cc1)c1cnn(C)c1. The molecule has 1 unspecified atom stereocenters. The standard InChI is InChI=1S/C16H21N5O3S/c1-17-15(12-10-18-20(2)11-12)16(22)19-13-4-6-14(7-5-13)21-8-3-9-25(21,23)24/h4-7,10-11,15,17H,3,8-9H2,1-2H3,(H,19,22). The van der Waals surface area contributed by atoms with Crippen LogP contribution in [-0.2, 0) is 21.9 Å². The highest BCUT2D eigenvalue weighted by atomic mass is 32.2. The Hall–Kier alpha value is -2.39. The van der Waals surface area contributed by atoms with Gasteiger partial charge in [-0.1, -0.05) is 0 Å². The number of aromatic nitrogens is 2. The number of likely N-dealkylation sites (N-methyl/N-ethyl adjacent to an activating group) is 1. The normalized spacial score (nSPS) is 17.4. The third kappa shape index (κ3) is 3.67. The van der Waals surface area contributed by atoms with E-state index < -0.39 is 16.1 Å². The molecule has 2 aromatic rings. The number of anilines is 2. The molecule has 1 aromatic heterocycles. The van der Waals surface area contributed by atoms with Crippen molar-refractivity contribution in [1.82, 2.24) is 15.1 Å². The lowest BCUT2D eigenvalue weighted by molar-refractivity contribution is -0.118. The fraction of sp³-hybridized carbons (Fsp3) is 0.375. The highest BCUT2D eigenvalue weighted by Crippen LogP contribution is 2.25. The van der Waals surface area contributed by atoms with Gasteiger partial charge in [0.1, 0.15) is 6.04 Å². The number of carbonyl (C=O) groups is 1. The third-order valence-corrected chi connectivity index (χ3v) is 6.00. The average Bonchev–Trinajstić information content (AvgIpc) is 3.14. The number of nitrogens with zero attached hydrogens (tertiary/aromatic N) is 3. The first-order chi connectivity index (χ1) is 11.9. The van der Waals surface area contributed by atoms with Crippen LogP contribution in [-0.4, -0.2) is 43.5 Å². The monoisotopic (exact) mass is 363 g/mol. The number of benzene rings is 1. The van der Waals surface area contributed by atoms with Gasteiger partial charge in [0.05, 0.1) is 17.6 Å². The smallest absolute Gasteiger partial charge is 0.246 e. The molecular formula is C16H21N5O3S. The number of carbonyl (C=O) groups excluding carboxylic acids is 1. The van der Waals surface area contributed by atoms with Gasteiger partial charge in [-0.05, 0) is 37.7 Å².